The lowest BCUT2D eigenvalue weighted by Crippen LogP contribution is -2.50. The largest absolute Gasteiger partial charge is 0.493 e. The molecule has 1 aromatic carbocycles. The molecular weight excluding hydrogens is 383 g/mol. The van der Waals surface area contributed by atoms with Crippen LogP contribution in [-0.2, 0) is 15.1 Å². The minimum atomic E-state index is -4.61. The summed E-state index contributed by atoms with van der Waals surface area (Å²) in [5.41, 5.74) is -1.18. The third-order valence-corrected chi connectivity index (χ3v) is 4.41. The van der Waals surface area contributed by atoms with Gasteiger partial charge in [0.25, 0.3) is 5.91 Å². The number of methoxy groups -OCH3 is 2. The van der Waals surface area contributed by atoms with Crippen molar-refractivity contribution in [2.45, 2.75) is 31.6 Å². The molecule has 11 heteroatoms. The number of ether oxygens (including phenoxy) is 2. The minimum Gasteiger partial charge on any atom is -0.493 e. The van der Waals surface area contributed by atoms with E-state index in [0.717, 1.165) is 0 Å². The van der Waals surface area contributed by atoms with Crippen molar-refractivity contribution in [1.82, 2.24) is 15.5 Å². The van der Waals surface area contributed by atoms with Crippen molar-refractivity contribution in [3.63, 3.8) is 0 Å². The van der Waals surface area contributed by atoms with Crippen molar-refractivity contribution < 1.29 is 37.0 Å². The zero-order chi connectivity index (χ0) is 21.3. The fourth-order valence-corrected chi connectivity index (χ4v) is 2.81. The molecule has 1 saturated heterocycles. The number of amides is 4. The van der Waals surface area contributed by atoms with Gasteiger partial charge < -0.3 is 20.1 Å². The monoisotopic (exact) mass is 403 g/mol. The number of nitrogens with zero attached hydrogens (tertiary/aromatic N) is 1. The van der Waals surface area contributed by atoms with E-state index in [0.29, 0.717) is 22.0 Å². The van der Waals surface area contributed by atoms with E-state index in [4.69, 9.17) is 9.47 Å². The maximum atomic E-state index is 12.9. The number of nitrogens with one attached hydrogen (secondary N) is 2. The van der Waals surface area contributed by atoms with Crippen LogP contribution in [0.4, 0.5) is 18.0 Å². The molecule has 1 fully saturated rings. The van der Waals surface area contributed by atoms with E-state index in [2.05, 4.69) is 5.32 Å². The van der Waals surface area contributed by atoms with Crippen LogP contribution in [0.5, 0.6) is 11.5 Å². The second kappa shape index (κ2) is 7.56. The first-order chi connectivity index (χ1) is 12.9. The molecule has 2 N–H and O–H groups in total. The number of carbonyl (C=O) groups is 3. The Bertz CT molecular complexity index is 799. The molecule has 0 spiro atoms. The molecule has 1 aromatic rings. The van der Waals surface area contributed by atoms with E-state index in [9.17, 15) is 27.6 Å². The van der Waals surface area contributed by atoms with Gasteiger partial charge in [0.05, 0.1) is 14.2 Å². The molecule has 28 heavy (non-hydrogen) atoms. The summed E-state index contributed by atoms with van der Waals surface area (Å²) in [6, 6.07) is 2.25. The molecule has 0 aliphatic carbocycles. The van der Waals surface area contributed by atoms with E-state index >= 15 is 0 Å². The van der Waals surface area contributed by atoms with Gasteiger partial charge in [0.15, 0.2) is 11.5 Å². The highest BCUT2D eigenvalue weighted by Crippen LogP contribution is 2.35. The minimum absolute atomic E-state index is 0.317. The average Bonchev–Trinajstić information content (AvgIpc) is 2.87. The number of carbonyl (C=O) groups excluding carboxylic acids is 3. The highest BCUT2D eigenvalue weighted by Gasteiger charge is 2.52. The number of benzene rings is 1. The first-order valence-corrected chi connectivity index (χ1v) is 8.17. The summed E-state index contributed by atoms with van der Waals surface area (Å²) in [5, 5.41) is 4.15. The summed E-state index contributed by atoms with van der Waals surface area (Å²) in [5.74, 6) is -1.15. The molecule has 2 rings (SSSR count). The summed E-state index contributed by atoms with van der Waals surface area (Å²) in [6.07, 6.45) is -4.61. The van der Waals surface area contributed by atoms with Gasteiger partial charge in [0.1, 0.15) is 18.1 Å². The van der Waals surface area contributed by atoms with Crippen molar-refractivity contribution in [2.75, 3.05) is 20.8 Å². The van der Waals surface area contributed by atoms with Crippen molar-refractivity contribution >= 4 is 17.8 Å². The molecule has 0 radical (unpaired) electrons. The molecule has 2 atom stereocenters. The van der Waals surface area contributed by atoms with E-state index in [1.54, 1.807) is 11.4 Å². The maximum absolute atomic E-state index is 12.9. The molecule has 8 nitrogen and oxygen atoms in total. The summed E-state index contributed by atoms with van der Waals surface area (Å²) < 4.78 is 47.2. The van der Waals surface area contributed by atoms with Crippen molar-refractivity contribution in [1.29, 1.82) is 0 Å². The van der Waals surface area contributed by atoms with E-state index in [1.807, 2.05) is 0 Å². The van der Waals surface area contributed by atoms with Crippen LogP contribution in [0.1, 0.15) is 19.4 Å². The van der Waals surface area contributed by atoms with Crippen molar-refractivity contribution in [3.8, 4) is 11.5 Å². The number of urea groups is 1. The fourth-order valence-electron chi connectivity index (χ4n) is 2.81. The highest BCUT2D eigenvalue weighted by molar-refractivity contribution is 6.10. The molecule has 0 saturated carbocycles. The van der Waals surface area contributed by atoms with Gasteiger partial charge in [-0.2, -0.15) is 13.2 Å². The molecule has 4 amide bonds. The van der Waals surface area contributed by atoms with Gasteiger partial charge in [-0.25, -0.2) is 9.69 Å². The summed E-state index contributed by atoms with van der Waals surface area (Å²) >= 11 is 0. The number of rotatable bonds is 6. The highest BCUT2D eigenvalue weighted by atomic mass is 19.4. The molecule has 154 valence electrons. The van der Waals surface area contributed by atoms with Crippen LogP contribution in [0.3, 0.4) is 0 Å². The lowest BCUT2D eigenvalue weighted by atomic mass is 9.91. The van der Waals surface area contributed by atoms with Crippen LogP contribution in [0.2, 0.25) is 0 Å². The van der Waals surface area contributed by atoms with E-state index < -0.39 is 42.1 Å². The third kappa shape index (κ3) is 3.97. The first kappa shape index (κ1) is 21.3. The second-order valence-electron chi connectivity index (χ2n) is 6.31. The quantitative estimate of drug-likeness (QED) is 0.703. The Kier molecular flexibility index (Phi) is 5.76. The zero-order valence-corrected chi connectivity index (χ0v) is 15.6. The molecule has 1 heterocycles. The number of hydrogen-bond donors (Lipinski definition) is 2. The topological polar surface area (TPSA) is 97.0 Å². The van der Waals surface area contributed by atoms with E-state index in [-0.39, 0.29) is 0 Å². The van der Waals surface area contributed by atoms with Crippen LogP contribution in [-0.4, -0.2) is 55.7 Å². The van der Waals surface area contributed by atoms with Gasteiger partial charge in [-0.3, -0.25) is 9.59 Å². The van der Waals surface area contributed by atoms with Crippen molar-refractivity contribution in [3.05, 3.63) is 23.8 Å². The van der Waals surface area contributed by atoms with E-state index in [1.165, 1.54) is 40.2 Å². The van der Waals surface area contributed by atoms with Crippen molar-refractivity contribution in [2.24, 2.45) is 0 Å². The predicted octanol–water partition coefficient (Wildman–Crippen LogP) is 1.54. The average molecular weight is 403 g/mol. The van der Waals surface area contributed by atoms with Crippen LogP contribution in [0.15, 0.2) is 18.2 Å². The Hall–Kier alpha value is -2.98. The van der Waals surface area contributed by atoms with Crippen LogP contribution < -0.4 is 20.1 Å². The van der Waals surface area contributed by atoms with Gasteiger partial charge in [0, 0.05) is 0 Å². The number of alkyl halides is 3. The second-order valence-corrected chi connectivity index (χ2v) is 6.31. The molecule has 1 aliphatic heterocycles. The summed E-state index contributed by atoms with van der Waals surface area (Å²) in [6.45, 7) is 1.03. The maximum Gasteiger partial charge on any atom is 0.405 e. The van der Waals surface area contributed by atoms with Gasteiger partial charge >= 0.3 is 12.2 Å². The van der Waals surface area contributed by atoms with Crippen LogP contribution in [0, 0.1) is 0 Å². The molecule has 0 unspecified atom stereocenters. The fraction of sp³-hybridized carbons (Fsp3) is 0.471. The first-order valence-electron chi connectivity index (χ1n) is 8.17. The van der Waals surface area contributed by atoms with Gasteiger partial charge in [-0.05, 0) is 31.5 Å². The molecule has 1 aliphatic rings. The Morgan fingerprint density at radius 1 is 1.25 bits per heavy atom. The van der Waals surface area contributed by atoms with Gasteiger partial charge in [0.2, 0.25) is 5.91 Å². The van der Waals surface area contributed by atoms with Gasteiger partial charge in [-0.1, -0.05) is 6.07 Å². The molecular formula is C17H20F3N3O5. The number of hydrogen-bond acceptors (Lipinski definition) is 5. The lowest BCUT2D eigenvalue weighted by Gasteiger charge is -2.25. The summed E-state index contributed by atoms with van der Waals surface area (Å²) in [4.78, 5) is 37.8. The number of imide groups is 1. The third-order valence-electron chi connectivity index (χ3n) is 4.41. The van der Waals surface area contributed by atoms with Crippen LogP contribution in [0.25, 0.3) is 0 Å². The Balaban J connectivity index is 2.28. The normalized spacial score (nSPS) is 20.6. The smallest absolute Gasteiger partial charge is 0.405 e. The molecule has 0 aromatic heterocycles. The summed E-state index contributed by atoms with van der Waals surface area (Å²) in [7, 11) is 2.84. The standard InChI is InChI=1S/C17H20F3N3O5/c1-9(13(24)21-8-17(18,19)20)23-14(25)16(2,22-15(23)26)10-5-6-11(27-3)12(7-10)28-4/h5-7,9H,8H2,1-4H3,(H,21,24)(H,22,26)/t9-,16+/m0/s1. The predicted molar refractivity (Wildman–Crippen MR) is 90.8 cm³/mol. The van der Waals surface area contributed by atoms with Gasteiger partial charge in [-0.15, -0.1) is 0 Å². The lowest BCUT2D eigenvalue weighted by molar-refractivity contribution is -0.144. The Labute approximate surface area is 159 Å². The SMILES string of the molecule is COc1ccc([C@@]2(C)NC(=O)N([C@@H](C)C(=O)NCC(F)(F)F)C2=O)cc1OC. The Morgan fingerprint density at radius 3 is 2.39 bits per heavy atom. The number of halogens is 3. The molecule has 0 bridgehead atoms. The Morgan fingerprint density at radius 2 is 1.86 bits per heavy atom. The zero-order valence-electron chi connectivity index (χ0n) is 15.6. The van der Waals surface area contributed by atoms with Crippen LogP contribution >= 0.6 is 0 Å².